The molecule has 26 heavy (non-hydrogen) atoms. The van der Waals surface area contributed by atoms with Crippen LogP contribution in [0.1, 0.15) is 38.5 Å². The molecule has 0 radical (unpaired) electrons. The highest BCUT2D eigenvalue weighted by atomic mass is 32.1. The molecular formula is C18H21N5O2S. The van der Waals surface area contributed by atoms with Crippen LogP contribution in [-0.2, 0) is 11.3 Å². The van der Waals surface area contributed by atoms with E-state index < -0.39 is 0 Å². The van der Waals surface area contributed by atoms with Crippen molar-refractivity contribution in [3.8, 4) is 10.6 Å². The second-order valence-electron chi connectivity index (χ2n) is 6.69. The first-order chi connectivity index (χ1) is 12.7. The second kappa shape index (κ2) is 7.41. The molecule has 1 N–H and O–H groups in total. The van der Waals surface area contributed by atoms with Crippen molar-refractivity contribution in [1.29, 1.82) is 0 Å². The smallest absolute Gasteiger partial charge is 0.293 e. The maximum absolute atomic E-state index is 12.7. The molecule has 3 heterocycles. The summed E-state index contributed by atoms with van der Waals surface area (Å²) in [5.74, 6) is -0.158. The number of aromatic nitrogens is 4. The lowest BCUT2D eigenvalue weighted by molar-refractivity contribution is -0.122. The molecule has 3 aromatic rings. The standard InChI is InChI=1S/C18H21N5O2S/c24-17(20-13-6-3-1-2-4-7-13)11-22-18(25)15-10-14(16-8-5-9-26-16)21-23(15)12-19-22/h5,8-10,12-13H,1-4,6-7,11H2,(H,20,24). The van der Waals surface area contributed by atoms with Crippen molar-refractivity contribution in [1.82, 2.24) is 24.7 Å². The van der Waals surface area contributed by atoms with Gasteiger partial charge in [-0.3, -0.25) is 9.59 Å². The lowest BCUT2D eigenvalue weighted by atomic mass is 10.1. The van der Waals surface area contributed by atoms with Gasteiger partial charge in [-0.2, -0.15) is 10.2 Å². The monoisotopic (exact) mass is 371 g/mol. The fourth-order valence-electron chi connectivity index (χ4n) is 3.43. The lowest BCUT2D eigenvalue weighted by Gasteiger charge is -2.16. The minimum atomic E-state index is -0.307. The zero-order valence-corrected chi connectivity index (χ0v) is 15.2. The number of hydrogen-bond donors (Lipinski definition) is 1. The van der Waals surface area contributed by atoms with E-state index in [0.29, 0.717) is 5.52 Å². The Hall–Kier alpha value is -2.48. The first-order valence-electron chi connectivity index (χ1n) is 8.99. The van der Waals surface area contributed by atoms with Gasteiger partial charge in [0, 0.05) is 6.04 Å². The molecule has 136 valence electrons. The molecule has 1 amide bonds. The topological polar surface area (TPSA) is 81.3 Å². The number of rotatable bonds is 4. The van der Waals surface area contributed by atoms with Gasteiger partial charge in [0.15, 0.2) is 0 Å². The van der Waals surface area contributed by atoms with Gasteiger partial charge in [-0.25, -0.2) is 9.20 Å². The minimum absolute atomic E-state index is 0.0641. The van der Waals surface area contributed by atoms with Crippen LogP contribution in [0.5, 0.6) is 0 Å². The summed E-state index contributed by atoms with van der Waals surface area (Å²) in [4.78, 5) is 26.0. The van der Waals surface area contributed by atoms with Gasteiger partial charge in [0.05, 0.1) is 4.88 Å². The minimum Gasteiger partial charge on any atom is -0.352 e. The van der Waals surface area contributed by atoms with Crippen molar-refractivity contribution in [3.05, 3.63) is 40.3 Å². The van der Waals surface area contributed by atoms with Crippen LogP contribution >= 0.6 is 11.3 Å². The summed E-state index contributed by atoms with van der Waals surface area (Å²) in [7, 11) is 0. The predicted molar refractivity (Wildman–Crippen MR) is 100 cm³/mol. The SMILES string of the molecule is O=C(Cn1ncn2nc(-c3cccs3)cc2c1=O)NC1CCCCCC1. The second-order valence-corrected chi connectivity index (χ2v) is 7.63. The molecule has 7 nitrogen and oxygen atoms in total. The summed E-state index contributed by atoms with van der Waals surface area (Å²) in [5.41, 5.74) is 0.851. The summed E-state index contributed by atoms with van der Waals surface area (Å²) >= 11 is 1.56. The van der Waals surface area contributed by atoms with E-state index in [0.717, 1.165) is 36.3 Å². The largest absolute Gasteiger partial charge is 0.352 e. The Morgan fingerprint density at radius 3 is 2.81 bits per heavy atom. The lowest BCUT2D eigenvalue weighted by Crippen LogP contribution is -2.39. The molecule has 1 aliphatic rings. The van der Waals surface area contributed by atoms with E-state index in [4.69, 9.17) is 0 Å². The van der Waals surface area contributed by atoms with Crippen molar-refractivity contribution in [3.63, 3.8) is 0 Å². The molecule has 0 aromatic carbocycles. The molecule has 1 fully saturated rings. The first-order valence-corrected chi connectivity index (χ1v) is 9.87. The third-order valence-corrected chi connectivity index (χ3v) is 5.67. The quantitative estimate of drug-likeness (QED) is 0.714. The van der Waals surface area contributed by atoms with Gasteiger partial charge in [-0.15, -0.1) is 11.3 Å². The maximum atomic E-state index is 12.7. The van der Waals surface area contributed by atoms with Gasteiger partial charge in [0.1, 0.15) is 24.1 Å². The van der Waals surface area contributed by atoms with Crippen LogP contribution in [0, 0.1) is 0 Å². The number of carbonyl (C=O) groups excluding carboxylic acids is 1. The van der Waals surface area contributed by atoms with Crippen LogP contribution in [0.4, 0.5) is 0 Å². The van der Waals surface area contributed by atoms with E-state index in [1.165, 1.54) is 28.4 Å². The Labute approximate surface area is 154 Å². The summed E-state index contributed by atoms with van der Waals surface area (Å²) in [6.45, 7) is -0.0641. The molecule has 4 rings (SSSR count). The van der Waals surface area contributed by atoms with E-state index in [1.54, 1.807) is 17.4 Å². The highest BCUT2D eigenvalue weighted by molar-refractivity contribution is 7.13. The summed E-state index contributed by atoms with van der Waals surface area (Å²) < 4.78 is 2.68. The van der Waals surface area contributed by atoms with E-state index in [-0.39, 0.29) is 24.1 Å². The Kier molecular flexibility index (Phi) is 4.83. The molecule has 0 atom stereocenters. The number of thiophene rings is 1. The zero-order valence-electron chi connectivity index (χ0n) is 14.4. The van der Waals surface area contributed by atoms with Crippen LogP contribution in [0.25, 0.3) is 16.1 Å². The molecule has 0 spiro atoms. The molecule has 1 aliphatic carbocycles. The third kappa shape index (κ3) is 3.55. The van der Waals surface area contributed by atoms with E-state index in [2.05, 4.69) is 15.5 Å². The Morgan fingerprint density at radius 2 is 2.08 bits per heavy atom. The molecule has 0 unspecified atom stereocenters. The molecule has 0 aliphatic heterocycles. The zero-order chi connectivity index (χ0) is 17.9. The predicted octanol–water partition coefficient (Wildman–Crippen LogP) is 2.46. The van der Waals surface area contributed by atoms with E-state index in [1.807, 2.05) is 17.5 Å². The van der Waals surface area contributed by atoms with Crippen LogP contribution in [-0.4, -0.2) is 31.3 Å². The fourth-order valence-corrected chi connectivity index (χ4v) is 4.11. The van der Waals surface area contributed by atoms with Gasteiger partial charge in [0.25, 0.3) is 5.56 Å². The highest BCUT2D eigenvalue weighted by Gasteiger charge is 2.17. The highest BCUT2D eigenvalue weighted by Crippen LogP contribution is 2.23. The number of nitrogens with zero attached hydrogens (tertiary/aromatic N) is 4. The van der Waals surface area contributed by atoms with Gasteiger partial charge >= 0.3 is 0 Å². The number of nitrogens with one attached hydrogen (secondary N) is 1. The Bertz CT molecular complexity index is 952. The summed E-state index contributed by atoms with van der Waals surface area (Å²) in [6, 6.07) is 5.86. The van der Waals surface area contributed by atoms with Crippen molar-refractivity contribution < 1.29 is 4.79 Å². The number of amides is 1. The molecular weight excluding hydrogens is 350 g/mol. The fraction of sp³-hybridized carbons (Fsp3) is 0.444. The van der Waals surface area contributed by atoms with Crippen LogP contribution in [0.15, 0.2) is 34.7 Å². The molecule has 8 heteroatoms. The van der Waals surface area contributed by atoms with Crippen LogP contribution in [0.3, 0.4) is 0 Å². The number of carbonyl (C=O) groups is 1. The average molecular weight is 371 g/mol. The normalized spacial score (nSPS) is 15.8. The summed E-state index contributed by atoms with van der Waals surface area (Å²) in [5, 5.41) is 13.5. The van der Waals surface area contributed by atoms with Gasteiger partial charge in [0.2, 0.25) is 5.91 Å². The Morgan fingerprint density at radius 1 is 1.27 bits per heavy atom. The Balaban J connectivity index is 1.52. The molecule has 0 bridgehead atoms. The summed E-state index contributed by atoms with van der Waals surface area (Å²) in [6.07, 6.45) is 8.27. The van der Waals surface area contributed by atoms with Gasteiger partial charge < -0.3 is 5.32 Å². The van der Waals surface area contributed by atoms with Crippen molar-refractivity contribution >= 4 is 22.8 Å². The van der Waals surface area contributed by atoms with Crippen LogP contribution in [0.2, 0.25) is 0 Å². The van der Waals surface area contributed by atoms with Crippen molar-refractivity contribution in [2.75, 3.05) is 0 Å². The molecule has 0 saturated heterocycles. The maximum Gasteiger partial charge on any atom is 0.293 e. The first kappa shape index (κ1) is 17.0. The van der Waals surface area contributed by atoms with Gasteiger partial charge in [-0.1, -0.05) is 31.7 Å². The van der Waals surface area contributed by atoms with Crippen LogP contribution < -0.4 is 10.9 Å². The third-order valence-electron chi connectivity index (χ3n) is 4.78. The van der Waals surface area contributed by atoms with Gasteiger partial charge in [-0.05, 0) is 30.4 Å². The number of hydrogen-bond acceptors (Lipinski definition) is 5. The molecule has 3 aromatic heterocycles. The van der Waals surface area contributed by atoms with E-state index >= 15 is 0 Å². The average Bonchev–Trinajstić information content (AvgIpc) is 3.24. The molecule has 1 saturated carbocycles. The van der Waals surface area contributed by atoms with Crippen molar-refractivity contribution in [2.45, 2.75) is 51.1 Å². The number of fused-ring (bicyclic) bond motifs is 1. The van der Waals surface area contributed by atoms with Crippen molar-refractivity contribution in [2.24, 2.45) is 0 Å². The van der Waals surface area contributed by atoms with E-state index in [9.17, 15) is 9.59 Å².